The molecule has 0 aliphatic carbocycles. The Morgan fingerprint density at radius 2 is 2.00 bits per heavy atom. The van der Waals surface area contributed by atoms with Crippen LogP contribution < -0.4 is 15.4 Å². The average molecular weight is 308 g/mol. The molecule has 2 aromatic rings. The number of nitrogens with one attached hydrogen (secondary N) is 2. The Bertz CT molecular complexity index is 608. The topological polar surface area (TPSA) is 72.0 Å². The second-order valence-corrected chi connectivity index (χ2v) is 4.83. The van der Waals surface area contributed by atoms with E-state index < -0.39 is 0 Å². The van der Waals surface area contributed by atoms with E-state index in [1.54, 1.807) is 7.05 Å². The molecule has 2 rings (SSSR count). The lowest BCUT2D eigenvalue weighted by molar-refractivity contribution is 0.217. The second kappa shape index (κ2) is 7.08. The van der Waals surface area contributed by atoms with Crippen molar-refractivity contribution in [2.75, 3.05) is 17.7 Å². The molecule has 0 fully saturated rings. The van der Waals surface area contributed by atoms with Crippen molar-refractivity contribution in [3.8, 4) is 5.75 Å². The fourth-order valence-electron chi connectivity index (χ4n) is 1.61. The van der Waals surface area contributed by atoms with Crippen molar-refractivity contribution in [3.05, 3.63) is 29.5 Å². The monoisotopic (exact) mass is 307 g/mol. The predicted octanol–water partition coefficient (Wildman–Crippen LogP) is 3.49. The first-order valence-corrected chi connectivity index (χ1v) is 7.11. The van der Waals surface area contributed by atoms with E-state index in [1.165, 1.54) is 0 Å². The van der Waals surface area contributed by atoms with Crippen LogP contribution in [0.25, 0.3) is 0 Å². The van der Waals surface area contributed by atoms with Gasteiger partial charge in [-0.05, 0) is 37.1 Å². The highest BCUT2D eigenvalue weighted by molar-refractivity contribution is 6.28. The van der Waals surface area contributed by atoms with E-state index in [4.69, 9.17) is 16.3 Å². The van der Waals surface area contributed by atoms with E-state index in [2.05, 4.69) is 32.5 Å². The number of hydrogen-bond donors (Lipinski definition) is 2. The van der Waals surface area contributed by atoms with Gasteiger partial charge in [-0.1, -0.05) is 13.0 Å². The van der Waals surface area contributed by atoms with Crippen LogP contribution >= 0.6 is 11.6 Å². The highest BCUT2D eigenvalue weighted by Crippen LogP contribution is 2.22. The van der Waals surface area contributed by atoms with Crippen LogP contribution in [0.3, 0.4) is 0 Å². The summed E-state index contributed by atoms with van der Waals surface area (Å²) in [6, 6.07) is 7.61. The van der Waals surface area contributed by atoms with Crippen molar-refractivity contribution in [3.63, 3.8) is 0 Å². The molecule has 1 unspecified atom stereocenters. The maximum absolute atomic E-state index is 5.85. The van der Waals surface area contributed by atoms with Crippen LogP contribution in [-0.4, -0.2) is 28.1 Å². The third-order valence-electron chi connectivity index (χ3n) is 2.83. The van der Waals surface area contributed by atoms with E-state index in [1.807, 2.05) is 31.2 Å². The molecule has 0 saturated heterocycles. The van der Waals surface area contributed by atoms with Crippen LogP contribution in [0.2, 0.25) is 5.28 Å². The van der Waals surface area contributed by atoms with E-state index in [0.717, 1.165) is 17.9 Å². The lowest BCUT2D eigenvalue weighted by Crippen LogP contribution is -2.09. The van der Waals surface area contributed by atoms with Gasteiger partial charge in [0.05, 0.1) is 6.10 Å². The van der Waals surface area contributed by atoms with Gasteiger partial charge in [0.1, 0.15) is 5.75 Å². The molecule has 1 aromatic carbocycles. The summed E-state index contributed by atoms with van der Waals surface area (Å²) in [7, 11) is 1.72. The number of aromatic nitrogens is 3. The molecule has 0 aliphatic heterocycles. The number of rotatable bonds is 6. The molecule has 1 atom stereocenters. The van der Waals surface area contributed by atoms with E-state index >= 15 is 0 Å². The number of hydrogen-bond acceptors (Lipinski definition) is 6. The Kier molecular flexibility index (Phi) is 5.16. The molecule has 1 aromatic heterocycles. The first-order valence-electron chi connectivity index (χ1n) is 6.73. The zero-order valence-corrected chi connectivity index (χ0v) is 13.0. The van der Waals surface area contributed by atoms with Gasteiger partial charge in [-0.25, -0.2) is 0 Å². The van der Waals surface area contributed by atoms with Crippen molar-refractivity contribution < 1.29 is 4.74 Å². The summed E-state index contributed by atoms with van der Waals surface area (Å²) in [6.07, 6.45) is 1.12. The SMILES string of the molecule is CCC(C)Oc1cccc(Nc2nc(Cl)nc(NC)n2)c1. The molecule has 1 heterocycles. The first kappa shape index (κ1) is 15.3. The number of benzene rings is 1. The van der Waals surface area contributed by atoms with E-state index in [-0.39, 0.29) is 11.4 Å². The molecule has 21 heavy (non-hydrogen) atoms. The van der Waals surface area contributed by atoms with Crippen molar-refractivity contribution in [1.82, 2.24) is 15.0 Å². The highest BCUT2D eigenvalue weighted by atomic mass is 35.5. The maximum atomic E-state index is 5.85. The molecule has 2 N–H and O–H groups in total. The first-order chi connectivity index (χ1) is 10.1. The highest BCUT2D eigenvalue weighted by Gasteiger charge is 2.06. The fraction of sp³-hybridized carbons (Fsp3) is 0.357. The minimum absolute atomic E-state index is 0.129. The third kappa shape index (κ3) is 4.46. The molecule has 0 aliphatic rings. The number of ether oxygens (including phenoxy) is 1. The van der Waals surface area contributed by atoms with Crippen LogP contribution in [0.15, 0.2) is 24.3 Å². The molecule has 0 amide bonds. The van der Waals surface area contributed by atoms with Crippen LogP contribution in [0, 0.1) is 0 Å². The standard InChI is InChI=1S/C14H18ClN5O/c1-4-9(2)21-11-7-5-6-10(8-11)17-14-19-12(15)18-13(16-3)20-14/h5-9H,4H2,1-3H3,(H2,16,17,18,19,20). The Balaban J connectivity index is 2.16. The molecular formula is C14H18ClN5O. The Morgan fingerprint density at radius 3 is 2.71 bits per heavy atom. The fourth-order valence-corrected chi connectivity index (χ4v) is 1.77. The zero-order valence-electron chi connectivity index (χ0n) is 12.2. The van der Waals surface area contributed by atoms with Gasteiger partial charge in [-0.2, -0.15) is 15.0 Å². The van der Waals surface area contributed by atoms with Crippen molar-refractivity contribution in [2.45, 2.75) is 26.4 Å². The summed E-state index contributed by atoms with van der Waals surface area (Å²) in [6.45, 7) is 4.11. The van der Waals surface area contributed by atoms with Crippen LogP contribution in [-0.2, 0) is 0 Å². The molecule has 6 nitrogen and oxygen atoms in total. The minimum Gasteiger partial charge on any atom is -0.491 e. The Hall–Kier alpha value is -2.08. The Morgan fingerprint density at radius 1 is 1.24 bits per heavy atom. The third-order valence-corrected chi connectivity index (χ3v) is 3.00. The number of anilines is 3. The lowest BCUT2D eigenvalue weighted by Gasteiger charge is -2.13. The zero-order chi connectivity index (χ0) is 15.2. The van der Waals surface area contributed by atoms with Crippen molar-refractivity contribution in [2.24, 2.45) is 0 Å². The molecule has 0 spiro atoms. The molecular weight excluding hydrogens is 290 g/mol. The van der Waals surface area contributed by atoms with Crippen molar-refractivity contribution in [1.29, 1.82) is 0 Å². The van der Waals surface area contributed by atoms with Gasteiger partial charge >= 0.3 is 0 Å². The smallest absolute Gasteiger partial charge is 0.233 e. The predicted molar refractivity (Wildman–Crippen MR) is 84.5 cm³/mol. The van der Waals surface area contributed by atoms with Crippen LogP contribution in [0.4, 0.5) is 17.6 Å². The minimum atomic E-state index is 0.129. The summed E-state index contributed by atoms with van der Waals surface area (Å²) in [5, 5.41) is 6.04. The van der Waals surface area contributed by atoms with Crippen LogP contribution in [0.1, 0.15) is 20.3 Å². The number of halogens is 1. The van der Waals surface area contributed by atoms with Crippen LogP contribution in [0.5, 0.6) is 5.75 Å². The average Bonchev–Trinajstić information content (AvgIpc) is 2.46. The summed E-state index contributed by atoms with van der Waals surface area (Å²) < 4.78 is 5.78. The Labute approximate surface area is 128 Å². The van der Waals surface area contributed by atoms with Gasteiger partial charge in [0.2, 0.25) is 17.2 Å². The lowest BCUT2D eigenvalue weighted by atomic mass is 10.3. The van der Waals surface area contributed by atoms with E-state index in [0.29, 0.717) is 11.9 Å². The molecule has 0 saturated carbocycles. The maximum Gasteiger partial charge on any atom is 0.233 e. The van der Waals surface area contributed by atoms with Gasteiger partial charge in [0.25, 0.3) is 0 Å². The summed E-state index contributed by atoms with van der Waals surface area (Å²) in [5.74, 6) is 1.58. The van der Waals surface area contributed by atoms with Crippen molar-refractivity contribution >= 4 is 29.2 Å². The number of nitrogens with zero attached hydrogens (tertiary/aromatic N) is 3. The second-order valence-electron chi connectivity index (χ2n) is 4.49. The van der Waals surface area contributed by atoms with Gasteiger partial charge in [-0.15, -0.1) is 0 Å². The van der Waals surface area contributed by atoms with Gasteiger partial charge < -0.3 is 15.4 Å². The molecule has 112 valence electrons. The quantitative estimate of drug-likeness (QED) is 0.851. The van der Waals surface area contributed by atoms with E-state index in [9.17, 15) is 0 Å². The summed E-state index contributed by atoms with van der Waals surface area (Å²) in [5.41, 5.74) is 0.820. The van der Waals surface area contributed by atoms with Gasteiger partial charge in [-0.3, -0.25) is 0 Å². The summed E-state index contributed by atoms with van der Waals surface area (Å²) in [4.78, 5) is 12.1. The summed E-state index contributed by atoms with van der Waals surface area (Å²) >= 11 is 5.85. The molecule has 0 radical (unpaired) electrons. The largest absolute Gasteiger partial charge is 0.491 e. The molecule has 0 bridgehead atoms. The normalized spacial score (nSPS) is 11.8. The van der Waals surface area contributed by atoms with Gasteiger partial charge in [0.15, 0.2) is 0 Å². The van der Waals surface area contributed by atoms with Gasteiger partial charge in [0, 0.05) is 18.8 Å². The molecule has 7 heteroatoms.